The number of pyridine rings is 1. The van der Waals surface area contributed by atoms with Crippen LogP contribution >= 0.6 is 43.2 Å². The highest BCUT2D eigenvalue weighted by Gasteiger charge is 2.02. The summed E-state index contributed by atoms with van der Waals surface area (Å²) in [4.78, 5) is 5.44. The Morgan fingerprint density at radius 3 is 2.81 bits per heavy atom. The van der Waals surface area contributed by atoms with Gasteiger partial charge in [-0.1, -0.05) is 0 Å². The van der Waals surface area contributed by atoms with Crippen molar-refractivity contribution in [2.75, 3.05) is 11.1 Å². The van der Waals surface area contributed by atoms with Gasteiger partial charge in [0.1, 0.15) is 5.82 Å². The van der Waals surface area contributed by atoms with Crippen molar-refractivity contribution in [3.63, 3.8) is 0 Å². The van der Waals surface area contributed by atoms with Crippen LogP contribution in [0.1, 0.15) is 4.88 Å². The summed E-state index contributed by atoms with van der Waals surface area (Å²) in [6.45, 7) is 0.731. The summed E-state index contributed by atoms with van der Waals surface area (Å²) in [6.07, 6.45) is 1.73. The fraction of sp³-hybridized carbons (Fsp3) is 0.100. The summed E-state index contributed by atoms with van der Waals surface area (Å²) in [5.41, 5.74) is 6.47. The number of aromatic nitrogens is 1. The van der Waals surface area contributed by atoms with Crippen LogP contribution in [0, 0.1) is 0 Å². The van der Waals surface area contributed by atoms with Gasteiger partial charge in [0.15, 0.2) is 0 Å². The molecule has 2 aromatic heterocycles. The summed E-state index contributed by atoms with van der Waals surface area (Å²) in [7, 11) is 0. The highest BCUT2D eigenvalue weighted by atomic mass is 79.9. The first-order valence-corrected chi connectivity index (χ1v) is 6.94. The zero-order valence-electron chi connectivity index (χ0n) is 8.21. The normalized spacial score (nSPS) is 10.4. The van der Waals surface area contributed by atoms with Crippen molar-refractivity contribution in [2.45, 2.75) is 6.54 Å². The lowest BCUT2D eigenvalue weighted by Gasteiger charge is -2.06. The lowest BCUT2D eigenvalue weighted by molar-refractivity contribution is 1.14. The number of thiophene rings is 1. The van der Waals surface area contributed by atoms with Gasteiger partial charge >= 0.3 is 0 Å². The molecule has 0 spiro atoms. The van der Waals surface area contributed by atoms with E-state index >= 15 is 0 Å². The number of nitrogens with one attached hydrogen (secondary N) is 1. The lowest BCUT2D eigenvalue weighted by atomic mass is 10.4. The Hall–Kier alpha value is -0.590. The molecule has 2 rings (SSSR count). The second kappa shape index (κ2) is 5.16. The van der Waals surface area contributed by atoms with E-state index in [-0.39, 0.29) is 0 Å². The van der Waals surface area contributed by atoms with Crippen LogP contribution < -0.4 is 11.1 Å². The maximum Gasteiger partial charge on any atom is 0.149 e. The van der Waals surface area contributed by atoms with Gasteiger partial charge in [0, 0.05) is 15.5 Å². The van der Waals surface area contributed by atoms with Gasteiger partial charge in [-0.25, -0.2) is 4.98 Å². The molecule has 84 valence electrons. The van der Waals surface area contributed by atoms with Crippen LogP contribution in [-0.2, 0) is 6.54 Å². The van der Waals surface area contributed by atoms with E-state index in [1.54, 1.807) is 17.5 Å². The maximum absolute atomic E-state index is 5.83. The second-order valence-electron chi connectivity index (χ2n) is 3.15. The topological polar surface area (TPSA) is 50.9 Å². The maximum atomic E-state index is 5.83. The van der Waals surface area contributed by atoms with E-state index in [2.05, 4.69) is 48.2 Å². The van der Waals surface area contributed by atoms with Crippen LogP contribution in [-0.4, -0.2) is 4.98 Å². The molecule has 16 heavy (non-hydrogen) atoms. The summed E-state index contributed by atoms with van der Waals surface area (Å²) >= 11 is 8.44. The van der Waals surface area contributed by atoms with Crippen molar-refractivity contribution in [3.05, 3.63) is 37.5 Å². The monoisotopic (exact) mass is 361 g/mol. The Balaban J connectivity index is 2.04. The molecule has 0 bridgehead atoms. The summed E-state index contributed by atoms with van der Waals surface area (Å²) < 4.78 is 2.01. The summed E-state index contributed by atoms with van der Waals surface area (Å²) in [6, 6.07) is 5.93. The van der Waals surface area contributed by atoms with Crippen LogP contribution in [0.15, 0.2) is 32.7 Å². The largest absolute Gasteiger partial charge is 0.396 e. The number of nitrogens with zero attached hydrogens (tertiary/aromatic N) is 1. The van der Waals surface area contributed by atoms with Crippen molar-refractivity contribution in [3.8, 4) is 0 Å². The molecule has 0 aliphatic rings. The summed E-state index contributed by atoms with van der Waals surface area (Å²) in [5, 5.41) is 3.20. The van der Waals surface area contributed by atoms with Gasteiger partial charge in [0.25, 0.3) is 0 Å². The molecule has 3 nitrogen and oxygen atoms in total. The number of nitrogen functional groups attached to an aromatic ring is 1. The van der Waals surface area contributed by atoms with Gasteiger partial charge in [-0.05, 0) is 50.1 Å². The van der Waals surface area contributed by atoms with Crippen LogP contribution in [0.25, 0.3) is 0 Å². The molecule has 0 aromatic carbocycles. The standard InChI is InChI=1S/C10H9Br2N3S/c11-6-3-8(13)10(14-4-6)15-5-7-1-2-9(12)16-7/h1-4H,5,13H2,(H,14,15). The van der Waals surface area contributed by atoms with Crippen molar-refractivity contribution < 1.29 is 0 Å². The van der Waals surface area contributed by atoms with Gasteiger partial charge in [0.2, 0.25) is 0 Å². The van der Waals surface area contributed by atoms with Crippen LogP contribution in [0.4, 0.5) is 11.5 Å². The zero-order valence-corrected chi connectivity index (χ0v) is 12.2. The molecule has 0 atom stereocenters. The molecule has 0 aliphatic carbocycles. The first-order chi connectivity index (χ1) is 7.65. The quantitative estimate of drug-likeness (QED) is 0.871. The molecule has 0 aliphatic heterocycles. The fourth-order valence-electron chi connectivity index (χ4n) is 1.22. The van der Waals surface area contributed by atoms with Crippen molar-refractivity contribution in [1.82, 2.24) is 4.98 Å². The van der Waals surface area contributed by atoms with Crippen LogP contribution in [0.3, 0.4) is 0 Å². The molecule has 2 heterocycles. The molecular weight excluding hydrogens is 354 g/mol. The van der Waals surface area contributed by atoms with Crippen molar-refractivity contribution in [2.24, 2.45) is 0 Å². The van der Waals surface area contributed by atoms with E-state index in [0.717, 1.165) is 14.8 Å². The summed E-state index contributed by atoms with van der Waals surface area (Å²) in [5.74, 6) is 0.715. The molecule has 0 unspecified atom stereocenters. The third kappa shape index (κ3) is 2.96. The molecule has 0 saturated heterocycles. The number of hydrogen-bond donors (Lipinski definition) is 2. The number of rotatable bonds is 3. The van der Waals surface area contributed by atoms with Crippen molar-refractivity contribution in [1.29, 1.82) is 0 Å². The molecule has 2 aromatic rings. The molecule has 0 fully saturated rings. The third-order valence-corrected chi connectivity index (χ3v) is 4.00. The number of nitrogens with two attached hydrogens (primary N) is 1. The molecule has 0 saturated carbocycles. The lowest BCUT2D eigenvalue weighted by Crippen LogP contribution is -2.03. The van der Waals surface area contributed by atoms with E-state index in [9.17, 15) is 0 Å². The number of anilines is 2. The van der Waals surface area contributed by atoms with E-state index in [0.29, 0.717) is 11.5 Å². The van der Waals surface area contributed by atoms with Gasteiger partial charge < -0.3 is 11.1 Å². The number of halogens is 2. The molecule has 0 radical (unpaired) electrons. The minimum absolute atomic E-state index is 0.644. The molecular formula is C10H9Br2N3S. The third-order valence-electron chi connectivity index (χ3n) is 1.94. The van der Waals surface area contributed by atoms with Gasteiger partial charge in [-0.3, -0.25) is 0 Å². The first-order valence-electron chi connectivity index (χ1n) is 4.54. The van der Waals surface area contributed by atoms with E-state index in [4.69, 9.17) is 5.73 Å². The minimum atomic E-state index is 0.644. The number of hydrogen-bond acceptors (Lipinski definition) is 4. The highest BCUT2D eigenvalue weighted by Crippen LogP contribution is 2.24. The predicted octanol–water partition coefficient (Wildman–Crippen LogP) is 3.86. The Bertz CT molecular complexity index is 499. The van der Waals surface area contributed by atoms with Gasteiger partial charge in [-0.15, -0.1) is 11.3 Å². The van der Waals surface area contributed by atoms with Crippen LogP contribution in [0.5, 0.6) is 0 Å². The highest BCUT2D eigenvalue weighted by molar-refractivity contribution is 9.11. The van der Waals surface area contributed by atoms with Gasteiger partial charge in [-0.2, -0.15) is 0 Å². The molecule has 3 N–H and O–H groups in total. The average Bonchev–Trinajstić information content (AvgIpc) is 2.63. The van der Waals surface area contributed by atoms with Gasteiger partial charge in [0.05, 0.1) is 16.0 Å². The minimum Gasteiger partial charge on any atom is -0.396 e. The average molecular weight is 363 g/mol. The smallest absolute Gasteiger partial charge is 0.149 e. The Kier molecular flexibility index (Phi) is 3.83. The molecule has 0 amide bonds. The van der Waals surface area contributed by atoms with Crippen LogP contribution in [0.2, 0.25) is 0 Å². The Morgan fingerprint density at radius 1 is 1.38 bits per heavy atom. The SMILES string of the molecule is Nc1cc(Br)cnc1NCc1ccc(Br)s1. The predicted molar refractivity (Wildman–Crippen MR) is 75.7 cm³/mol. The zero-order chi connectivity index (χ0) is 11.5. The van der Waals surface area contributed by atoms with E-state index in [1.807, 2.05) is 12.1 Å². The van der Waals surface area contributed by atoms with Crippen molar-refractivity contribution >= 4 is 54.7 Å². The van der Waals surface area contributed by atoms with E-state index in [1.165, 1.54) is 4.88 Å². The molecule has 6 heteroatoms. The first kappa shape index (κ1) is 11.9. The van der Waals surface area contributed by atoms with E-state index < -0.39 is 0 Å². The fourth-order valence-corrected chi connectivity index (χ4v) is 2.99. The Labute approximate surface area is 114 Å². The second-order valence-corrected chi connectivity index (χ2v) is 6.61. The Morgan fingerprint density at radius 2 is 2.19 bits per heavy atom.